The van der Waals surface area contributed by atoms with Crippen molar-refractivity contribution in [3.05, 3.63) is 45.9 Å². The largest absolute Gasteiger partial charge is 0.436 e. The third kappa shape index (κ3) is 2.27. The fourth-order valence-corrected chi connectivity index (χ4v) is 2.39. The Kier molecular flexibility index (Phi) is 2.88. The van der Waals surface area contributed by atoms with Gasteiger partial charge in [0.25, 0.3) is 0 Å². The number of benzene rings is 2. The maximum atomic E-state index is 6.04. The zero-order valence-electron chi connectivity index (χ0n) is 10.1. The smallest absolute Gasteiger partial charge is 0.227 e. The summed E-state index contributed by atoms with van der Waals surface area (Å²) in [7, 11) is 0. The summed E-state index contributed by atoms with van der Waals surface area (Å²) in [4.78, 5) is 4.40. The van der Waals surface area contributed by atoms with E-state index in [1.54, 1.807) is 12.1 Å². The number of fused-ring (bicyclic) bond motifs is 1. The fourth-order valence-electron chi connectivity index (χ4n) is 1.95. The van der Waals surface area contributed by atoms with Crippen molar-refractivity contribution in [1.29, 1.82) is 0 Å². The van der Waals surface area contributed by atoms with Crippen LogP contribution in [0, 0.1) is 6.92 Å². The predicted molar refractivity (Wildman–Crippen MR) is 78.6 cm³/mol. The van der Waals surface area contributed by atoms with E-state index in [0.717, 1.165) is 11.1 Å². The monoisotopic (exact) mass is 292 g/mol. The molecule has 0 spiro atoms. The molecule has 19 heavy (non-hydrogen) atoms. The number of hydrogen-bond acceptors (Lipinski definition) is 3. The highest BCUT2D eigenvalue weighted by Gasteiger charge is 2.11. The highest BCUT2D eigenvalue weighted by Crippen LogP contribution is 2.31. The van der Waals surface area contributed by atoms with Crippen molar-refractivity contribution < 1.29 is 4.42 Å². The molecular formula is C14H10Cl2N2O. The Labute approximate surface area is 119 Å². The summed E-state index contributed by atoms with van der Waals surface area (Å²) in [6.07, 6.45) is 0. The van der Waals surface area contributed by atoms with Crippen LogP contribution in [0.25, 0.3) is 22.6 Å². The number of oxazole rings is 1. The minimum Gasteiger partial charge on any atom is -0.436 e. The van der Waals surface area contributed by atoms with Crippen LogP contribution in [0.5, 0.6) is 0 Å². The van der Waals surface area contributed by atoms with Crippen molar-refractivity contribution in [2.24, 2.45) is 0 Å². The van der Waals surface area contributed by atoms with Crippen LogP contribution in [-0.4, -0.2) is 4.98 Å². The summed E-state index contributed by atoms with van der Waals surface area (Å²) in [6.45, 7) is 1.97. The number of aromatic nitrogens is 1. The van der Waals surface area contributed by atoms with E-state index in [1.165, 1.54) is 0 Å². The van der Waals surface area contributed by atoms with E-state index in [1.807, 2.05) is 25.1 Å². The van der Waals surface area contributed by atoms with Crippen LogP contribution in [0.2, 0.25) is 10.0 Å². The Hall–Kier alpha value is -1.71. The lowest BCUT2D eigenvalue weighted by Crippen LogP contribution is -1.84. The lowest BCUT2D eigenvalue weighted by atomic mass is 10.1. The molecule has 3 aromatic rings. The molecule has 0 aliphatic carbocycles. The van der Waals surface area contributed by atoms with Crippen molar-refractivity contribution in [1.82, 2.24) is 4.98 Å². The van der Waals surface area contributed by atoms with E-state index in [4.69, 9.17) is 33.4 Å². The Morgan fingerprint density at radius 2 is 1.89 bits per heavy atom. The van der Waals surface area contributed by atoms with Crippen LogP contribution in [0.1, 0.15) is 5.56 Å². The second kappa shape index (κ2) is 4.44. The van der Waals surface area contributed by atoms with Gasteiger partial charge in [0, 0.05) is 16.7 Å². The van der Waals surface area contributed by atoms with Crippen molar-refractivity contribution in [3.8, 4) is 11.5 Å². The molecule has 5 heteroatoms. The van der Waals surface area contributed by atoms with Crippen LogP contribution in [0.15, 0.2) is 34.7 Å². The quantitative estimate of drug-likeness (QED) is 0.662. The van der Waals surface area contributed by atoms with E-state index >= 15 is 0 Å². The SMILES string of the molecule is Cc1cc(Cl)cc(-c2nc3cc(Cl)c(N)cc3o2)c1. The van der Waals surface area contributed by atoms with E-state index in [2.05, 4.69) is 4.98 Å². The molecule has 0 unspecified atom stereocenters. The summed E-state index contributed by atoms with van der Waals surface area (Å²) in [5, 5.41) is 1.12. The molecule has 3 rings (SSSR count). The van der Waals surface area contributed by atoms with Gasteiger partial charge >= 0.3 is 0 Å². The summed E-state index contributed by atoms with van der Waals surface area (Å²) in [5.74, 6) is 0.502. The topological polar surface area (TPSA) is 52.0 Å². The number of rotatable bonds is 1. The lowest BCUT2D eigenvalue weighted by molar-refractivity contribution is 0.620. The van der Waals surface area contributed by atoms with Crippen LogP contribution in [0.4, 0.5) is 5.69 Å². The van der Waals surface area contributed by atoms with Gasteiger partial charge in [-0.2, -0.15) is 0 Å². The first kappa shape index (κ1) is 12.3. The van der Waals surface area contributed by atoms with Crippen LogP contribution < -0.4 is 5.73 Å². The van der Waals surface area contributed by atoms with Gasteiger partial charge in [-0.05, 0) is 36.8 Å². The molecule has 0 radical (unpaired) electrons. The van der Waals surface area contributed by atoms with E-state index in [-0.39, 0.29) is 0 Å². The van der Waals surface area contributed by atoms with Crippen LogP contribution in [0.3, 0.4) is 0 Å². The first-order valence-electron chi connectivity index (χ1n) is 5.66. The van der Waals surface area contributed by atoms with Gasteiger partial charge in [0.1, 0.15) is 5.52 Å². The predicted octanol–water partition coefficient (Wildman–Crippen LogP) is 4.69. The zero-order chi connectivity index (χ0) is 13.6. The third-order valence-corrected chi connectivity index (χ3v) is 3.34. The summed E-state index contributed by atoms with van der Waals surface area (Å²) < 4.78 is 5.69. The highest BCUT2D eigenvalue weighted by atomic mass is 35.5. The molecule has 3 nitrogen and oxygen atoms in total. The standard InChI is InChI=1S/C14H10Cl2N2O/c1-7-2-8(4-9(15)3-7)14-18-12-5-10(16)11(17)6-13(12)19-14/h2-6H,17H2,1H3. The number of halogens is 2. The second-order valence-electron chi connectivity index (χ2n) is 4.38. The van der Waals surface area contributed by atoms with E-state index < -0.39 is 0 Å². The minimum atomic E-state index is 0.467. The summed E-state index contributed by atoms with van der Waals surface area (Å²) >= 11 is 12.0. The molecule has 2 N–H and O–H groups in total. The molecule has 0 saturated heterocycles. The second-order valence-corrected chi connectivity index (χ2v) is 5.22. The van der Waals surface area contributed by atoms with E-state index in [0.29, 0.717) is 32.7 Å². The van der Waals surface area contributed by atoms with Crippen LogP contribution >= 0.6 is 23.2 Å². The maximum Gasteiger partial charge on any atom is 0.227 e. The number of nitrogens with two attached hydrogens (primary N) is 1. The molecule has 96 valence electrons. The Morgan fingerprint density at radius 1 is 1.11 bits per heavy atom. The van der Waals surface area contributed by atoms with Gasteiger partial charge in [0.05, 0.1) is 10.7 Å². The van der Waals surface area contributed by atoms with Gasteiger partial charge in [0.15, 0.2) is 5.58 Å². The van der Waals surface area contributed by atoms with Gasteiger partial charge in [0.2, 0.25) is 5.89 Å². The fraction of sp³-hybridized carbons (Fsp3) is 0.0714. The van der Waals surface area contributed by atoms with Gasteiger partial charge in [-0.1, -0.05) is 23.2 Å². The first-order valence-corrected chi connectivity index (χ1v) is 6.41. The maximum absolute atomic E-state index is 6.04. The van der Waals surface area contributed by atoms with Crippen LogP contribution in [-0.2, 0) is 0 Å². The van der Waals surface area contributed by atoms with Crippen molar-refractivity contribution in [2.75, 3.05) is 5.73 Å². The van der Waals surface area contributed by atoms with Gasteiger partial charge in [-0.3, -0.25) is 0 Å². The minimum absolute atomic E-state index is 0.467. The Balaban J connectivity index is 2.20. The number of nitrogens with zero attached hydrogens (tertiary/aromatic N) is 1. The first-order chi connectivity index (χ1) is 9.02. The highest BCUT2D eigenvalue weighted by molar-refractivity contribution is 6.33. The van der Waals surface area contributed by atoms with Crippen molar-refractivity contribution in [2.45, 2.75) is 6.92 Å². The molecule has 0 aliphatic heterocycles. The number of hydrogen-bond donors (Lipinski definition) is 1. The molecule has 0 saturated carbocycles. The molecule has 0 bridgehead atoms. The molecule has 0 fully saturated rings. The number of anilines is 1. The molecule has 0 amide bonds. The Bertz CT molecular complexity index is 721. The molecule has 0 aliphatic rings. The molecule has 1 heterocycles. The molecule has 1 aromatic heterocycles. The number of aryl methyl sites for hydroxylation is 1. The normalized spacial score (nSPS) is 11.1. The lowest BCUT2D eigenvalue weighted by Gasteiger charge is -1.99. The van der Waals surface area contributed by atoms with Crippen molar-refractivity contribution >= 4 is 40.0 Å². The summed E-state index contributed by atoms with van der Waals surface area (Å²) in [6, 6.07) is 9.01. The molecule has 0 atom stereocenters. The zero-order valence-corrected chi connectivity index (χ0v) is 11.6. The van der Waals surface area contributed by atoms with Crippen molar-refractivity contribution in [3.63, 3.8) is 0 Å². The Morgan fingerprint density at radius 3 is 2.63 bits per heavy atom. The van der Waals surface area contributed by atoms with E-state index in [9.17, 15) is 0 Å². The number of nitrogen functional groups attached to an aromatic ring is 1. The van der Waals surface area contributed by atoms with Gasteiger partial charge in [-0.15, -0.1) is 0 Å². The summed E-state index contributed by atoms with van der Waals surface area (Å²) in [5.41, 5.74) is 9.37. The van der Waals surface area contributed by atoms with Gasteiger partial charge < -0.3 is 10.2 Å². The average molecular weight is 293 g/mol. The third-order valence-electron chi connectivity index (χ3n) is 2.80. The van der Waals surface area contributed by atoms with Gasteiger partial charge in [-0.25, -0.2) is 4.98 Å². The molecule has 2 aromatic carbocycles. The average Bonchev–Trinajstić information content (AvgIpc) is 2.71. The molecular weight excluding hydrogens is 283 g/mol.